The molecule has 142 valence electrons. The molecular weight excluding hydrogens is 334 g/mol. The molecule has 8 heteroatoms. The summed E-state index contributed by atoms with van der Waals surface area (Å²) in [5.74, 6) is 1.49. The highest BCUT2D eigenvalue weighted by atomic mass is 16.6. The van der Waals surface area contributed by atoms with Gasteiger partial charge in [0.15, 0.2) is 5.96 Å². The zero-order valence-corrected chi connectivity index (χ0v) is 15.9. The molecule has 0 radical (unpaired) electrons. The summed E-state index contributed by atoms with van der Waals surface area (Å²) in [7, 11) is 1.60. The fourth-order valence-corrected chi connectivity index (χ4v) is 3.04. The van der Waals surface area contributed by atoms with Crippen LogP contribution in [-0.2, 0) is 11.3 Å². The summed E-state index contributed by atoms with van der Waals surface area (Å²) >= 11 is 0. The van der Waals surface area contributed by atoms with Gasteiger partial charge in [0.25, 0.3) is 0 Å². The first-order valence-electron chi connectivity index (χ1n) is 8.87. The minimum atomic E-state index is -0.473. The number of aliphatic imine (C=N–C) groups is 1. The Morgan fingerprint density at radius 3 is 2.81 bits per heavy atom. The summed E-state index contributed by atoms with van der Waals surface area (Å²) in [5, 5.41) is 3.38. The van der Waals surface area contributed by atoms with E-state index in [1.807, 2.05) is 32.9 Å². The zero-order valence-electron chi connectivity index (χ0n) is 15.9. The second-order valence-electron chi connectivity index (χ2n) is 7.50. The van der Waals surface area contributed by atoms with Crippen molar-refractivity contribution in [2.24, 2.45) is 4.99 Å². The minimum Gasteiger partial charge on any atom is -0.481 e. The van der Waals surface area contributed by atoms with E-state index >= 15 is 0 Å². The molecule has 1 fully saturated rings. The zero-order chi connectivity index (χ0) is 18.7. The lowest BCUT2D eigenvalue weighted by molar-refractivity contribution is 0.0137. The first-order chi connectivity index (χ1) is 12.4. The molecule has 1 aromatic rings. The first-order valence-corrected chi connectivity index (χ1v) is 8.87. The van der Waals surface area contributed by atoms with Crippen LogP contribution in [0.25, 0.3) is 0 Å². The molecule has 0 bridgehead atoms. The summed E-state index contributed by atoms with van der Waals surface area (Å²) in [4.78, 5) is 25.1. The number of nitrogens with one attached hydrogen (secondary N) is 1. The number of carbonyl (C=O) groups is 1. The Morgan fingerprint density at radius 1 is 1.35 bits per heavy atom. The molecule has 1 atom stereocenters. The number of guanidine groups is 1. The van der Waals surface area contributed by atoms with E-state index in [1.165, 1.54) is 0 Å². The Bertz CT molecular complexity index is 668. The van der Waals surface area contributed by atoms with Gasteiger partial charge in [-0.3, -0.25) is 4.99 Å². The van der Waals surface area contributed by atoms with E-state index < -0.39 is 5.60 Å². The van der Waals surface area contributed by atoms with Crippen LogP contribution < -0.4 is 10.1 Å². The molecule has 0 aromatic carbocycles. The first kappa shape index (κ1) is 18.3. The molecule has 2 aliphatic heterocycles. The second kappa shape index (κ2) is 7.39. The summed E-state index contributed by atoms with van der Waals surface area (Å²) in [5.41, 5.74) is 0.587. The molecule has 0 spiro atoms. The van der Waals surface area contributed by atoms with Gasteiger partial charge in [-0.05, 0) is 26.3 Å². The molecule has 0 aliphatic carbocycles. The summed E-state index contributed by atoms with van der Waals surface area (Å²) in [6, 6.07) is 4.02. The highest BCUT2D eigenvalue weighted by molar-refractivity contribution is 5.82. The number of fused-ring (bicyclic) bond motifs is 1. The predicted octanol–water partition coefficient (Wildman–Crippen LogP) is 1.47. The van der Waals surface area contributed by atoms with Crippen molar-refractivity contribution >= 4 is 12.1 Å². The van der Waals surface area contributed by atoms with E-state index in [4.69, 9.17) is 9.47 Å². The lowest BCUT2D eigenvalue weighted by Gasteiger charge is -2.39. The molecule has 1 saturated heterocycles. The van der Waals surface area contributed by atoms with Crippen molar-refractivity contribution in [3.8, 4) is 5.88 Å². The second-order valence-corrected chi connectivity index (χ2v) is 7.50. The van der Waals surface area contributed by atoms with Gasteiger partial charge in [0.05, 0.1) is 19.7 Å². The van der Waals surface area contributed by atoms with Gasteiger partial charge in [0, 0.05) is 38.4 Å². The number of rotatable bonds is 3. The topological polar surface area (TPSA) is 79.3 Å². The largest absolute Gasteiger partial charge is 0.481 e. The summed E-state index contributed by atoms with van der Waals surface area (Å²) in [6.45, 7) is 9.00. The number of pyridine rings is 1. The Kier molecular flexibility index (Phi) is 5.20. The van der Waals surface area contributed by atoms with Crippen LogP contribution in [0.2, 0.25) is 0 Å². The molecule has 2 aliphatic rings. The average molecular weight is 361 g/mol. The fourth-order valence-electron chi connectivity index (χ4n) is 3.04. The Hall–Kier alpha value is -2.51. The van der Waals surface area contributed by atoms with E-state index in [0.717, 1.165) is 18.1 Å². The predicted molar refractivity (Wildman–Crippen MR) is 98.2 cm³/mol. The van der Waals surface area contributed by atoms with Crippen LogP contribution in [0.1, 0.15) is 26.3 Å². The molecule has 1 unspecified atom stereocenters. The third-order valence-electron chi connectivity index (χ3n) is 4.32. The number of nitrogens with zero attached hydrogens (tertiary/aromatic N) is 4. The number of carbonyl (C=O) groups excluding carboxylic acids is 1. The molecule has 0 saturated carbocycles. The van der Waals surface area contributed by atoms with Crippen molar-refractivity contribution < 1.29 is 14.3 Å². The van der Waals surface area contributed by atoms with Gasteiger partial charge in [-0.1, -0.05) is 6.07 Å². The van der Waals surface area contributed by atoms with E-state index in [9.17, 15) is 4.79 Å². The molecule has 3 heterocycles. The number of hydrogen-bond donors (Lipinski definition) is 1. The molecule has 1 aromatic heterocycles. The van der Waals surface area contributed by atoms with Crippen LogP contribution in [-0.4, -0.2) is 71.8 Å². The van der Waals surface area contributed by atoms with Gasteiger partial charge in [0.2, 0.25) is 5.88 Å². The molecule has 1 amide bonds. The van der Waals surface area contributed by atoms with Crippen molar-refractivity contribution in [3.05, 3.63) is 23.9 Å². The number of amides is 1. The van der Waals surface area contributed by atoms with Crippen molar-refractivity contribution in [2.75, 3.05) is 33.3 Å². The van der Waals surface area contributed by atoms with Gasteiger partial charge in [-0.2, -0.15) is 0 Å². The molecule has 1 N–H and O–H groups in total. The van der Waals surface area contributed by atoms with Crippen LogP contribution >= 0.6 is 0 Å². The van der Waals surface area contributed by atoms with Crippen LogP contribution in [0.5, 0.6) is 5.88 Å². The van der Waals surface area contributed by atoms with Crippen molar-refractivity contribution in [3.63, 3.8) is 0 Å². The van der Waals surface area contributed by atoms with Crippen LogP contribution in [0, 0.1) is 0 Å². The maximum atomic E-state index is 12.3. The Balaban J connectivity index is 1.51. The standard InChI is InChI=1S/C18H27N5O3/c1-18(2,3)26-17(24)22-7-8-23-14(12-22)11-21-16(23)20-10-13-5-6-15(25-4)19-9-13/h5-6,9,14H,7-8,10-12H2,1-4H3,(H,20,21). The maximum absolute atomic E-state index is 12.3. The lowest BCUT2D eigenvalue weighted by atomic mass is 10.2. The number of hydrogen-bond acceptors (Lipinski definition) is 7. The quantitative estimate of drug-likeness (QED) is 0.878. The van der Waals surface area contributed by atoms with Crippen LogP contribution in [0.4, 0.5) is 4.79 Å². The molecular formula is C18H27N5O3. The highest BCUT2D eigenvalue weighted by Gasteiger charge is 2.36. The van der Waals surface area contributed by atoms with Crippen LogP contribution in [0.3, 0.4) is 0 Å². The highest BCUT2D eigenvalue weighted by Crippen LogP contribution is 2.19. The van der Waals surface area contributed by atoms with Gasteiger partial charge in [-0.25, -0.2) is 9.78 Å². The summed E-state index contributed by atoms with van der Waals surface area (Å²) < 4.78 is 10.5. The lowest BCUT2D eigenvalue weighted by Crippen LogP contribution is -2.57. The van der Waals surface area contributed by atoms with Crippen molar-refractivity contribution in [1.82, 2.24) is 20.1 Å². The average Bonchev–Trinajstić information content (AvgIpc) is 3.01. The third kappa shape index (κ3) is 4.36. The number of ether oxygens (including phenoxy) is 2. The van der Waals surface area contributed by atoms with Gasteiger partial charge < -0.3 is 24.6 Å². The SMILES string of the molecule is COc1ccc(CNC2=NCC3CN(C(=O)OC(C)(C)C)CCN23)cn1. The van der Waals surface area contributed by atoms with Crippen molar-refractivity contribution in [2.45, 2.75) is 39.0 Å². The Morgan fingerprint density at radius 2 is 2.15 bits per heavy atom. The van der Waals surface area contributed by atoms with E-state index in [0.29, 0.717) is 32.1 Å². The van der Waals surface area contributed by atoms with Crippen molar-refractivity contribution in [1.29, 1.82) is 0 Å². The third-order valence-corrected chi connectivity index (χ3v) is 4.32. The van der Waals surface area contributed by atoms with E-state index in [2.05, 4.69) is 20.2 Å². The van der Waals surface area contributed by atoms with Gasteiger partial charge >= 0.3 is 6.09 Å². The number of aromatic nitrogens is 1. The minimum absolute atomic E-state index is 0.202. The van der Waals surface area contributed by atoms with Gasteiger partial charge in [0.1, 0.15) is 5.60 Å². The summed E-state index contributed by atoms with van der Waals surface area (Å²) in [6.07, 6.45) is 1.54. The van der Waals surface area contributed by atoms with Crippen LogP contribution in [0.15, 0.2) is 23.3 Å². The maximum Gasteiger partial charge on any atom is 0.410 e. The van der Waals surface area contributed by atoms with E-state index in [1.54, 1.807) is 18.2 Å². The normalized spacial score (nSPS) is 19.7. The molecule has 8 nitrogen and oxygen atoms in total. The van der Waals surface area contributed by atoms with E-state index in [-0.39, 0.29) is 12.1 Å². The molecule has 3 rings (SSSR count). The van der Waals surface area contributed by atoms with Gasteiger partial charge in [-0.15, -0.1) is 0 Å². The number of piperazine rings is 1. The molecule has 26 heavy (non-hydrogen) atoms. The fraction of sp³-hybridized carbons (Fsp3) is 0.611. The number of methoxy groups -OCH3 is 1. The smallest absolute Gasteiger partial charge is 0.410 e. The Labute approximate surface area is 154 Å². The monoisotopic (exact) mass is 361 g/mol.